The molecule has 0 amide bonds. The van der Waals surface area contributed by atoms with Crippen LogP contribution in [-0.2, 0) is 19.5 Å². The van der Waals surface area contributed by atoms with Crippen LogP contribution in [0.25, 0.3) is 0 Å². The lowest BCUT2D eigenvalue weighted by Crippen LogP contribution is -2.27. The quantitative estimate of drug-likeness (QED) is 0.716. The molecule has 2 aliphatic rings. The zero-order chi connectivity index (χ0) is 11.7. The van der Waals surface area contributed by atoms with E-state index >= 15 is 0 Å². The van der Waals surface area contributed by atoms with Gasteiger partial charge in [0.1, 0.15) is 5.82 Å². The molecule has 0 saturated carbocycles. The number of hydrogen-bond donors (Lipinski definition) is 0. The number of rotatable bonds is 2. The van der Waals surface area contributed by atoms with Crippen molar-refractivity contribution in [3.05, 3.63) is 30.3 Å². The first-order chi connectivity index (χ1) is 8.31. The van der Waals surface area contributed by atoms with Gasteiger partial charge in [0.15, 0.2) is 0 Å². The average Bonchev–Trinajstić information content (AvgIpc) is 2.82. The summed E-state index contributed by atoms with van der Waals surface area (Å²) < 4.78 is 0. The van der Waals surface area contributed by atoms with E-state index < -0.39 is 0 Å². The molecule has 17 heavy (non-hydrogen) atoms. The summed E-state index contributed by atoms with van der Waals surface area (Å²) in [4.78, 5) is 13.7. The summed E-state index contributed by atoms with van der Waals surface area (Å²) >= 11 is 0. The van der Waals surface area contributed by atoms with Crippen LogP contribution in [0.4, 0.5) is 0 Å². The summed E-state index contributed by atoms with van der Waals surface area (Å²) in [7, 11) is 3.97. The van der Waals surface area contributed by atoms with Gasteiger partial charge < -0.3 is 4.90 Å². The van der Waals surface area contributed by atoms with Crippen molar-refractivity contribution < 1.29 is 0 Å². The van der Waals surface area contributed by atoms with Gasteiger partial charge in [0.2, 0.25) is 0 Å². The van der Waals surface area contributed by atoms with E-state index in [0.717, 1.165) is 31.9 Å². The first-order valence-corrected chi connectivity index (χ1v) is 6.43. The Balaban J connectivity index is 1.74. The van der Waals surface area contributed by atoms with Gasteiger partial charge in [-0.3, -0.25) is 11.9 Å². The van der Waals surface area contributed by atoms with E-state index in [-0.39, 0.29) is 0 Å². The smallest absolute Gasteiger partial charge is 0.142 e. The molecule has 0 radical (unpaired) electrons. The molecule has 4 nitrogen and oxygen atoms in total. The molecule has 1 aromatic heterocycles. The number of likely N-dealkylation sites (tertiary alicyclic amines) is 1. The van der Waals surface area contributed by atoms with Gasteiger partial charge in [-0.05, 0) is 39.0 Å². The Morgan fingerprint density at radius 3 is 2.88 bits per heavy atom. The average molecular weight is 231 g/mol. The molecule has 0 atom stereocenters. The maximum Gasteiger partial charge on any atom is 0.142 e. The molecule has 1 aromatic rings. The molecular formula is C13H19N4-. The molecular weight excluding hydrogens is 212 g/mol. The van der Waals surface area contributed by atoms with Gasteiger partial charge in [-0.15, -0.1) is 0 Å². The van der Waals surface area contributed by atoms with Crippen molar-refractivity contribution in [1.29, 1.82) is 0 Å². The van der Waals surface area contributed by atoms with Crippen molar-refractivity contribution in [2.24, 2.45) is 0 Å². The van der Waals surface area contributed by atoms with Gasteiger partial charge in [-0.25, -0.2) is 9.97 Å². The minimum Gasteiger partial charge on any atom is -0.455 e. The van der Waals surface area contributed by atoms with E-state index in [1.807, 2.05) is 6.20 Å². The second-order valence-corrected chi connectivity index (χ2v) is 5.04. The molecule has 4 heteroatoms. The minimum atomic E-state index is 0.888. The van der Waals surface area contributed by atoms with Crippen molar-refractivity contribution in [3.8, 4) is 0 Å². The highest BCUT2D eigenvalue weighted by Gasteiger charge is 2.16. The number of fused-ring (bicyclic) bond motifs is 1. The van der Waals surface area contributed by atoms with Crippen LogP contribution in [0, 0.1) is 7.05 Å². The fraction of sp³-hybridized carbons (Fsp3) is 0.615. The monoisotopic (exact) mass is 231 g/mol. The molecule has 2 aliphatic heterocycles. The third kappa shape index (κ3) is 2.48. The SMILES string of the molecule is [CH2-]N1CCc2nc(CN3CCCC3)ncc2C1. The molecule has 0 unspecified atom stereocenters. The highest BCUT2D eigenvalue weighted by molar-refractivity contribution is 5.20. The van der Waals surface area contributed by atoms with Gasteiger partial charge in [0.05, 0.1) is 6.54 Å². The Hall–Kier alpha value is -1.00. The maximum absolute atomic E-state index is 4.70. The van der Waals surface area contributed by atoms with Crippen molar-refractivity contribution >= 4 is 0 Å². The number of aromatic nitrogens is 2. The second kappa shape index (κ2) is 4.70. The van der Waals surface area contributed by atoms with Crippen molar-refractivity contribution in [2.75, 3.05) is 19.6 Å². The minimum absolute atomic E-state index is 0.888. The fourth-order valence-corrected chi connectivity index (χ4v) is 2.63. The van der Waals surface area contributed by atoms with E-state index in [9.17, 15) is 0 Å². The van der Waals surface area contributed by atoms with Crippen LogP contribution in [0.5, 0.6) is 0 Å². The third-order valence-corrected chi connectivity index (χ3v) is 3.63. The summed E-state index contributed by atoms with van der Waals surface area (Å²) in [5.41, 5.74) is 2.48. The third-order valence-electron chi connectivity index (χ3n) is 3.63. The standard InChI is InChI=1S/C13H19N4/c1-16-7-4-12-11(9-16)8-14-13(15-12)10-17-5-2-3-6-17/h8H,1-7,9-10H2/q-1. The van der Waals surface area contributed by atoms with Crippen LogP contribution in [0.15, 0.2) is 6.20 Å². The first-order valence-electron chi connectivity index (χ1n) is 6.43. The summed E-state index contributed by atoms with van der Waals surface area (Å²) in [6.45, 7) is 5.22. The molecule has 0 aliphatic carbocycles. The van der Waals surface area contributed by atoms with E-state index in [1.165, 1.54) is 37.2 Å². The van der Waals surface area contributed by atoms with Crippen LogP contribution < -0.4 is 0 Å². The highest BCUT2D eigenvalue weighted by Crippen LogP contribution is 2.17. The van der Waals surface area contributed by atoms with Crippen molar-refractivity contribution in [1.82, 2.24) is 19.8 Å². The van der Waals surface area contributed by atoms with Gasteiger partial charge in [-0.1, -0.05) is 0 Å². The first kappa shape index (κ1) is 11.1. The lowest BCUT2D eigenvalue weighted by atomic mass is 10.1. The van der Waals surface area contributed by atoms with Crippen molar-refractivity contribution in [2.45, 2.75) is 32.4 Å². The van der Waals surface area contributed by atoms with Gasteiger partial charge in [-0.2, -0.15) is 0 Å². The zero-order valence-electron chi connectivity index (χ0n) is 10.2. The molecule has 3 rings (SSSR count). The van der Waals surface area contributed by atoms with Crippen LogP contribution in [0.3, 0.4) is 0 Å². The Morgan fingerprint density at radius 2 is 2.06 bits per heavy atom. The summed E-state index contributed by atoms with van der Waals surface area (Å²) in [6.07, 6.45) is 5.64. The van der Waals surface area contributed by atoms with E-state index in [2.05, 4.69) is 21.8 Å². The molecule has 92 valence electrons. The Bertz CT molecular complexity index is 398. The number of nitrogens with zero attached hydrogens (tertiary/aromatic N) is 4. The van der Waals surface area contributed by atoms with E-state index in [4.69, 9.17) is 4.98 Å². The van der Waals surface area contributed by atoms with Crippen molar-refractivity contribution in [3.63, 3.8) is 0 Å². The Kier molecular flexibility index (Phi) is 3.07. The fourth-order valence-electron chi connectivity index (χ4n) is 2.63. The summed E-state index contributed by atoms with van der Waals surface area (Å²) in [6, 6.07) is 0. The van der Waals surface area contributed by atoms with E-state index in [0.29, 0.717) is 0 Å². The summed E-state index contributed by atoms with van der Waals surface area (Å²) in [5, 5.41) is 0. The largest absolute Gasteiger partial charge is 0.455 e. The maximum atomic E-state index is 4.70. The Morgan fingerprint density at radius 1 is 1.24 bits per heavy atom. The van der Waals surface area contributed by atoms with Gasteiger partial charge >= 0.3 is 0 Å². The normalized spacial score (nSPS) is 21.7. The number of hydrogen-bond acceptors (Lipinski definition) is 4. The second-order valence-electron chi connectivity index (χ2n) is 5.04. The van der Waals surface area contributed by atoms with Gasteiger partial charge in [0, 0.05) is 23.9 Å². The predicted octanol–water partition coefficient (Wildman–Crippen LogP) is 1.22. The molecule has 1 saturated heterocycles. The highest BCUT2D eigenvalue weighted by atomic mass is 15.2. The van der Waals surface area contributed by atoms with E-state index in [1.54, 1.807) is 0 Å². The molecule has 0 aromatic carbocycles. The Labute approximate surface area is 103 Å². The molecule has 0 spiro atoms. The topological polar surface area (TPSA) is 32.3 Å². The molecule has 0 N–H and O–H groups in total. The molecule has 1 fully saturated rings. The van der Waals surface area contributed by atoms with Crippen LogP contribution >= 0.6 is 0 Å². The molecule has 3 heterocycles. The van der Waals surface area contributed by atoms with Crippen LogP contribution in [-0.4, -0.2) is 39.4 Å². The van der Waals surface area contributed by atoms with Gasteiger partial charge in [0.25, 0.3) is 0 Å². The van der Waals surface area contributed by atoms with Crippen LogP contribution in [0.1, 0.15) is 29.9 Å². The zero-order valence-corrected chi connectivity index (χ0v) is 10.2. The summed E-state index contributed by atoms with van der Waals surface area (Å²) in [5.74, 6) is 0.989. The lowest BCUT2D eigenvalue weighted by molar-refractivity contribution is 0.316. The van der Waals surface area contributed by atoms with Crippen LogP contribution in [0.2, 0.25) is 0 Å². The predicted molar refractivity (Wildman–Crippen MR) is 66.0 cm³/mol. The molecule has 0 bridgehead atoms. The lowest BCUT2D eigenvalue weighted by Gasteiger charge is -2.30.